The molecule has 8 heteroatoms. The van der Waals surface area contributed by atoms with E-state index in [-0.39, 0.29) is 29.1 Å². The van der Waals surface area contributed by atoms with Gasteiger partial charge >= 0.3 is 6.03 Å². The Labute approximate surface area is 255 Å². The summed E-state index contributed by atoms with van der Waals surface area (Å²) in [6.07, 6.45) is 0.986. The monoisotopic (exact) mass is 583 g/mol. The molecule has 2 bridgehead atoms. The van der Waals surface area contributed by atoms with Crippen molar-refractivity contribution in [3.05, 3.63) is 147 Å². The molecule has 1 aromatic heterocycles. The van der Waals surface area contributed by atoms with E-state index in [0.29, 0.717) is 35.1 Å². The number of benzene rings is 4. The molecule has 0 saturated heterocycles. The molecule has 0 spiro atoms. The van der Waals surface area contributed by atoms with Gasteiger partial charge < -0.3 is 16.0 Å². The summed E-state index contributed by atoms with van der Waals surface area (Å²) < 4.78 is 3.23. The van der Waals surface area contributed by atoms with Crippen molar-refractivity contribution in [3.63, 3.8) is 0 Å². The fraction of sp³-hybridized carbons (Fsp3) is 0.194. The highest BCUT2D eigenvalue weighted by Crippen LogP contribution is 2.55. The number of hydrogen-bond acceptors (Lipinski definition) is 3. The van der Waals surface area contributed by atoms with Crippen molar-refractivity contribution in [3.8, 4) is 5.69 Å². The minimum Gasteiger partial charge on any atom is -0.338 e. The zero-order valence-electron chi connectivity index (χ0n) is 24.6. The Morgan fingerprint density at radius 2 is 1.43 bits per heavy atom. The van der Waals surface area contributed by atoms with Crippen LogP contribution in [0.1, 0.15) is 56.6 Å². The van der Waals surface area contributed by atoms with Crippen LogP contribution in [0.15, 0.2) is 108 Å². The van der Waals surface area contributed by atoms with Gasteiger partial charge in [-0.15, -0.1) is 0 Å². The number of hydrogen-bond donors (Lipinski definition) is 3. The lowest BCUT2D eigenvalue weighted by atomic mass is 9.59. The number of carbonyl (C=O) groups excluding carboxylic acids is 2. The largest absolute Gasteiger partial charge is 0.338 e. The van der Waals surface area contributed by atoms with Crippen LogP contribution in [0, 0.1) is 12.8 Å². The Bertz CT molecular complexity index is 1910. The average Bonchev–Trinajstić information content (AvgIpc) is 3.27. The average molecular weight is 584 g/mol. The predicted molar refractivity (Wildman–Crippen MR) is 172 cm³/mol. The first-order valence-corrected chi connectivity index (χ1v) is 14.9. The van der Waals surface area contributed by atoms with Crippen LogP contribution in [0.25, 0.3) is 5.69 Å². The normalized spacial score (nSPS) is 17.8. The van der Waals surface area contributed by atoms with E-state index in [2.05, 4.69) is 64.5 Å². The number of nitrogens with one attached hydrogen (secondary N) is 3. The first-order valence-electron chi connectivity index (χ1n) is 14.9. The molecule has 1 unspecified atom stereocenters. The quantitative estimate of drug-likeness (QED) is 0.224. The highest BCUT2D eigenvalue weighted by Gasteiger charge is 2.42. The van der Waals surface area contributed by atoms with E-state index in [1.807, 2.05) is 30.3 Å². The van der Waals surface area contributed by atoms with Gasteiger partial charge in [-0.3, -0.25) is 14.3 Å². The number of amides is 3. The van der Waals surface area contributed by atoms with Crippen LogP contribution in [-0.2, 0) is 7.05 Å². The second-order valence-corrected chi connectivity index (χ2v) is 11.6. The summed E-state index contributed by atoms with van der Waals surface area (Å²) >= 11 is 0. The van der Waals surface area contributed by atoms with Crippen LogP contribution in [0.4, 0.5) is 16.2 Å². The van der Waals surface area contributed by atoms with E-state index in [4.69, 9.17) is 0 Å². The number of fused-ring (bicyclic) bond motifs is 1. The third kappa shape index (κ3) is 4.68. The van der Waals surface area contributed by atoms with Gasteiger partial charge in [-0.1, -0.05) is 72.8 Å². The fourth-order valence-electron chi connectivity index (χ4n) is 7.00. The molecule has 3 N–H and O–H groups in total. The molecule has 0 aliphatic heterocycles. The van der Waals surface area contributed by atoms with Crippen molar-refractivity contribution < 1.29 is 9.59 Å². The Morgan fingerprint density at radius 1 is 0.795 bits per heavy atom. The van der Waals surface area contributed by atoms with Gasteiger partial charge in [0, 0.05) is 36.7 Å². The summed E-state index contributed by atoms with van der Waals surface area (Å²) in [5, 5.41) is 8.74. The van der Waals surface area contributed by atoms with E-state index in [9.17, 15) is 14.4 Å². The number of urea groups is 1. The van der Waals surface area contributed by atoms with Gasteiger partial charge in [0.2, 0.25) is 0 Å². The molecule has 0 fully saturated rings. The Kier molecular flexibility index (Phi) is 6.89. The Balaban J connectivity index is 1.03. The summed E-state index contributed by atoms with van der Waals surface area (Å²) in [7, 11) is 1.78. The topological polar surface area (TPSA) is 97.2 Å². The third-order valence-corrected chi connectivity index (χ3v) is 9.12. The Hall–Kier alpha value is -5.37. The summed E-state index contributed by atoms with van der Waals surface area (Å²) in [6.45, 7) is 2.32. The van der Waals surface area contributed by atoms with Crippen LogP contribution in [0.2, 0.25) is 0 Å². The predicted octanol–water partition coefficient (Wildman–Crippen LogP) is 6.16. The summed E-state index contributed by atoms with van der Waals surface area (Å²) in [5.74, 6) is 0.424. The van der Waals surface area contributed by atoms with Crippen LogP contribution in [0.5, 0.6) is 0 Å². The maximum Gasteiger partial charge on any atom is 0.319 e. The first-order chi connectivity index (χ1) is 21.4. The molecule has 8 rings (SSSR count). The zero-order chi connectivity index (χ0) is 30.4. The van der Waals surface area contributed by atoms with E-state index in [1.165, 1.54) is 26.9 Å². The van der Waals surface area contributed by atoms with E-state index < -0.39 is 5.91 Å². The van der Waals surface area contributed by atoms with Crippen molar-refractivity contribution in [2.24, 2.45) is 13.0 Å². The standard InChI is InChI=1S/C36H33N5O3/c1-22-33(35(43)41(40(22)2)26-13-4-3-5-14-26)39-34(42)23-11-10-12-25(19-23)38-36(44)37-21-24-20-31-27-15-6-8-17-29(27)32(24)30-18-9-7-16-28(30)31/h3-19,24,31-32H,20-21H2,1-2H3,(H,39,42)(H2,37,38,44). The van der Waals surface area contributed by atoms with E-state index in [0.717, 1.165) is 6.42 Å². The Morgan fingerprint density at radius 3 is 2.11 bits per heavy atom. The van der Waals surface area contributed by atoms with Gasteiger partial charge in [0.15, 0.2) is 0 Å². The molecule has 3 aliphatic rings. The number of nitrogens with zero attached hydrogens (tertiary/aromatic N) is 2. The highest BCUT2D eigenvalue weighted by molar-refractivity contribution is 6.05. The van der Waals surface area contributed by atoms with E-state index in [1.54, 1.807) is 42.9 Å². The molecular weight excluding hydrogens is 550 g/mol. The fourth-order valence-corrected chi connectivity index (χ4v) is 7.00. The molecule has 8 nitrogen and oxygen atoms in total. The smallest absolute Gasteiger partial charge is 0.319 e. The van der Waals surface area contributed by atoms with Gasteiger partial charge in [-0.2, -0.15) is 0 Å². The lowest BCUT2D eigenvalue weighted by Crippen LogP contribution is -2.40. The van der Waals surface area contributed by atoms with Crippen molar-refractivity contribution >= 4 is 23.3 Å². The van der Waals surface area contributed by atoms with Crippen molar-refractivity contribution in [2.75, 3.05) is 17.2 Å². The second-order valence-electron chi connectivity index (χ2n) is 11.6. The van der Waals surface area contributed by atoms with Crippen LogP contribution < -0.4 is 21.5 Å². The molecule has 0 radical (unpaired) electrons. The number of rotatable bonds is 6. The minimum atomic E-state index is -0.435. The van der Waals surface area contributed by atoms with Crippen molar-refractivity contribution in [1.82, 2.24) is 14.7 Å². The molecule has 220 valence electrons. The number of carbonyl (C=O) groups is 2. The van der Waals surface area contributed by atoms with Crippen LogP contribution >= 0.6 is 0 Å². The minimum absolute atomic E-state index is 0.211. The molecule has 3 amide bonds. The van der Waals surface area contributed by atoms with Gasteiger partial charge in [0.1, 0.15) is 5.69 Å². The summed E-state index contributed by atoms with van der Waals surface area (Å²) in [5.41, 5.74) is 7.56. The van der Waals surface area contributed by atoms with Gasteiger partial charge in [-0.25, -0.2) is 9.48 Å². The summed E-state index contributed by atoms with van der Waals surface area (Å²) in [6, 6.07) is 33.0. The number of anilines is 2. The molecule has 4 aromatic carbocycles. The number of para-hydroxylation sites is 1. The molecule has 1 atom stereocenters. The maximum absolute atomic E-state index is 13.2. The molecule has 1 heterocycles. The number of aromatic nitrogens is 2. The lowest BCUT2D eigenvalue weighted by molar-refractivity contribution is 0.102. The van der Waals surface area contributed by atoms with Gasteiger partial charge in [0.25, 0.3) is 11.5 Å². The first kappa shape index (κ1) is 27.5. The second kappa shape index (κ2) is 11.0. The van der Waals surface area contributed by atoms with Gasteiger partial charge in [-0.05, 0) is 71.8 Å². The zero-order valence-corrected chi connectivity index (χ0v) is 24.6. The molecular formula is C36H33N5O3. The lowest BCUT2D eigenvalue weighted by Gasteiger charge is -2.45. The maximum atomic E-state index is 13.2. The highest BCUT2D eigenvalue weighted by atomic mass is 16.2. The third-order valence-electron chi connectivity index (χ3n) is 9.12. The molecule has 0 saturated carbocycles. The SMILES string of the molecule is Cc1c(NC(=O)c2cccc(NC(=O)NCC3CC4c5ccccc5C3c3ccccc34)c2)c(=O)n(-c2ccccc2)n1C. The van der Waals surface area contributed by atoms with Gasteiger partial charge in [0.05, 0.1) is 11.4 Å². The van der Waals surface area contributed by atoms with E-state index >= 15 is 0 Å². The van der Waals surface area contributed by atoms with Crippen LogP contribution in [0.3, 0.4) is 0 Å². The van der Waals surface area contributed by atoms with Crippen LogP contribution in [-0.4, -0.2) is 27.8 Å². The molecule has 3 aliphatic carbocycles. The molecule has 44 heavy (non-hydrogen) atoms. The van der Waals surface area contributed by atoms with Crippen molar-refractivity contribution in [2.45, 2.75) is 25.2 Å². The summed E-state index contributed by atoms with van der Waals surface area (Å²) in [4.78, 5) is 39.5. The van der Waals surface area contributed by atoms with Crippen molar-refractivity contribution in [1.29, 1.82) is 0 Å². The molecule has 5 aromatic rings.